The molecule has 0 fully saturated rings. The minimum Gasteiger partial charge on any atom is -0.496 e. The van der Waals surface area contributed by atoms with Crippen molar-refractivity contribution in [2.75, 3.05) is 27.7 Å². The van der Waals surface area contributed by atoms with Crippen molar-refractivity contribution in [2.45, 2.75) is 25.8 Å². The number of Topliss-reactive ketones (excluding diaryl/α,β-unsaturated/α-hetero) is 2. The van der Waals surface area contributed by atoms with Gasteiger partial charge in [-0.1, -0.05) is 24.3 Å². The second-order valence-corrected chi connectivity index (χ2v) is 11.3. The van der Waals surface area contributed by atoms with Gasteiger partial charge in [0.25, 0.3) is 0 Å². The number of ether oxygens (including phenoxy) is 2. The molecule has 0 amide bonds. The van der Waals surface area contributed by atoms with Crippen molar-refractivity contribution in [2.24, 2.45) is 0 Å². The molecule has 0 atom stereocenters. The number of thiophene rings is 1. The highest BCUT2D eigenvalue weighted by molar-refractivity contribution is 7.22. The van der Waals surface area contributed by atoms with Crippen LogP contribution in [0.1, 0.15) is 17.5 Å². The van der Waals surface area contributed by atoms with Gasteiger partial charge in [0.05, 0.1) is 40.6 Å². The summed E-state index contributed by atoms with van der Waals surface area (Å²) in [5.74, 6) is 0.0211. The van der Waals surface area contributed by atoms with Crippen LogP contribution in [0.3, 0.4) is 0 Å². The maximum Gasteiger partial charge on any atom is 0.166 e. The van der Waals surface area contributed by atoms with Crippen LogP contribution in [0.5, 0.6) is 17.2 Å². The molecular formula is C32H31FN4O4S. The minimum atomic E-state index is -0.595. The highest BCUT2D eigenvalue weighted by Crippen LogP contribution is 2.39. The van der Waals surface area contributed by atoms with Crippen LogP contribution in [0.25, 0.3) is 20.8 Å². The molecule has 2 aromatic carbocycles. The summed E-state index contributed by atoms with van der Waals surface area (Å²) >= 11 is 1.48. The molecule has 0 unspecified atom stereocenters. The van der Waals surface area contributed by atoms with Crippen LogP contribution >= 0.6 is 11.3 Å². The molecule has 0 saturated heterocycles. The van der Waals surface area contributed by atoms with Crippen LogP contribution in [0.4, 0.5) is 4.39 Å². The Labute approximate surface area is 247 Å². The predicted molar refractivity (Wildman–Crippen MR) is 161 cm³/mol. The minimum absolute atomic E-state index is 0.0360. The summed E-state index contributed by atoms with van der Waals surface area (Å²) in [6.45, 7) is 1.74. The molecule has 42 heavy (non-hydrogen) atoms. The van der Waals surface area contributed by atoms with Crippen LogP contribution in [0.2, 0.25) is 0 Å². The first-order chi connectivity index (χ1) is 20.3. The number of benzene rings is 2. The van der Waals surface area contributed by atoms with Crippen LogP contribution < -0.4 is 9.47 Å². The van der Waals surface area contributed by atoms with E-state index in [1.54, 1.807) is 30.5 Å². The van der Waals surface area contributed by atoms with Gasteiger partial charge in [-0.3, -0.25) is 14.6 Å². The molecule has 0 aliphatic rings. The molecule has 0 spiro atoms. The predicted octanol–water partition coefficient (Wildman–Crippen LogP) is 5.97. The molecule has 0 aliphatic heterocycles. The number of carbonyl (C=O) groups excluding carboxylic acids is 2. The monoisotopic (exact) mass is 586 g/mol. The number of rotatable bonds is 13. The normalized spacial score (nSPS) is 11.3. The van der Waals surface area contributed by atoms with Crippen molar-refractivity contribution in [1.29, 1.82) is 0 Å². The second-order valence-electron chi connectivity index (χ2n) is 10.2. The summed E-state index contributed by atoms with van der Waals surface area (Å²) in [5, 5.41) is 0. The summed E-state index contributed by atoms with van der Waals surface area (Å²) < 4.78 is 29.1. The zero-order chi connectivity index (χ0) is 29.6. The second kappa shape index (κ2) is 13.1. The summed E-state index contributed by atoms with van der Waals surface area (Å²) in [6, 6.07) is 15.3. The van der Waals surface area contributed by atoms with Gasteiger partial charge in [0.15, 0.2) is 11.6 Å². The number of pyridine rings is 1. The van der Waals surface area contributed by atoms with Gasteiger partial charge in [-0.2, -0.15) is 0 Å². The number of hydrogen-bond donors (Lipinski definition) is 0. The number of hydrogen-bond acceptors (Lipinski definition) is 8. The van der Waals surface area contributed by atoms with Gasteiger partial charge in [-0.25, -0.2) is 9.37 Å². The number of aromatic nitrogens is 3. The van der Waals surface area contributed by atoms with Gasteiger partial charge in [0.2, 0.25) is 0 Å². The molecule has 0 aliphatic carbocycles. The topological polar surface area (TPSA) is 86.6 Å². The fraction of sp³-hybridized carbons (Fsp3) is 0.250. The van der Waals surface area contributed by atoms with Crippen LogP contribution in [0.15, 0.2) is 73.3 Å². The van der Waals surface area contributed by atoms with Crippen molar-refractivity contribution < 1.29 is 23.5 Å². The Morgan fingerprint density at radius 3 is 2.57 bits per heavy atom. The first-order valence-corrected chi connectivity index (χ1v) is 14.3. The van der Waals surface area contributed by atoms with Crippen molar-refractivity contribution in [1.82, 2.24) is 19.4 Å². The zero-order valence-electron chi connectivity index (χ0n) is 23.7. The van der Waals surface area contributed by atoms with Gasteiger partial charge in [0.1, 0.15) is 23.1 Å². The lowest BCUT2D eigenvalue weighted by Gasteiger charge is -2.09. The molecule has 3 heterocycles. The lowest BCUT2D eigenvalue weighted by molar-refractivity contribution is -0.126. The van der Waals surface area contributed by atoms with E-state index < -0.39 is 5.82 Å². The number of nitrogens with zero attached hydrogens (tertiary/aromatic N) is 4. The van der Waals surface area contributed by atoms with E-state index in [0.29, 0.717) is 17.1 Å². The van der Waals surface area contributed by atoms with Gasteiger partial charge in [-0.05, 0) is 43.9 Å². The van der Waals surface area contributed by atoms with E-state index in [0.717, 1.165) is 39.4 Å². The van der Waals surface area contributed by atoms with Crippen molar-refractivity contribution >= 4 is 33.1 Å². The van der Waals surface area contributed by atoms with Crippen LogP contribution in [-0.4, -0.2) is 58.8 Å². The fourth-order valence-electron chi connectivity index (χ4n) is 4.54. The first kappa shape index (κ1) is 29.1. The third-order valence-electron chi connectivity index (χ3n) is 6.66. The van der Waals surface area contributed by atoms with Crippen molar-refractivity contribution in [3.63, 3.8) is 0 Å². The van der Waals surface area contributed by atoms with E-state index in [1.165, 1.54) is 30.6 Å². The standard InChI is InChI=1S/C32H31FN4O4S/c1-36(2)12-13-37-19-27(35-20-37)31-18-26-32(42-31)30(10-11-34-26)41-29-9-8-21(15-25(29)33)14-23(38)17-24(39)16-22-6-4-5-7-28(22)40-3/h4-11,15,18-20H,12-14,16-17H2,1-3H3. The molecule has 0 saturated carbocycles. The maximum absolute atomic E-state index is 15.1. The van der Waals surface area contributed by atoms with Gasteiger partial charge in [-0.15, -0.1) is 11.3 Å². The molecule has 5 aromatic rings. The highest BCUT2D eigenvalue weighted by atomic mass is 32.1. The Balaban J connectivity index is 1.24. The molecule has 0 radical (unpaired) electrons. The smallest absolute Gasteiger partial charge is 0.166 e. The molecule has 0 N–H and O–H groups in total. The van der Waals surface area contributed by atoms with Gasteiger partial charge in [0, 0.05) is 50.0 Å². The van der Waals surface area contributed by atoms with E-state index in [1.807, 2.05) is 49.4 Å². The number of ketones is 2. The van der Waals surface area contributed by atoms with Gasteiger partial charge < -0.3 is 18.9 Å². The Morgan fingerprint density at radius 1 is 0.976 bits per heavy atom. The average Bonchev–Trinajstić information content (AvgIpc) is 3.61. The molecule has 10 heteroatoms. The average molecular weight is 587 g/mol. The SMILES string of the molecule is COc1ccccc1CC(=O)CC(=O)Cc1ccc(Oc2ccnc3cc(-c4cn(CCN(C)C)cn4)sc23)c(F)c1. The number of carbonyl (C=O) groups is 2. The molecule has 8 nitrogen and oxygen atoms in total. The molecule has 0 bridgehead atoms. The third-order valence-corrected chi connectivity index (χ3v) is 7.82. The Bertz CT molecular complexity index is 1730. The summed E-state index contributed by atoms with van der Waals surface area (Å²) in [6.07, 6.45) is 5.24. The number of halogens is 1. The number of methoxy groups -OCH3 is 1. The van der Waals surface area contributed by atoms with Crippen LogP contribution in [0, 0.1) is 5.82 Å². The fourth-order valence-corrected chi connectivity index (χ4v) is 5.56. The van der Waals surface area contributed by atoms with Crippen molar-refractivity contribution in [3.8, 4) is 27.8 Å². The molecule has 216 valence electrons. The maximum atomic E-state index is 15.1. The Hall–Kier alpha value is -4.41. The van der Waals surface area contributed by atoms with Gasteiger partial charge >= 0.3 is 0 Å². The Kier molecular flexibility index (Phi) is 9.04. The van der Waals surface area contributed by atoms with Crippen molar-refractivity contribution in [3.05, 3.63) is 90.3 Å². The number of para-hydroxylation sites is 1. The van der Waals surface area contributed by atoms with E-state index in [9.17, 15) is 9.59 Å². The molecular weight excluding hydrogens is 555 g/mol. The molecule has 5 rings (SSSR count). The summed E-state index contributed by atoms with van der Waals surface area (Å²) in [5.41, 5.74) is 2.77. The summed E-state index contributed by atoms with van der Waals surface area (Å²) in [4.78, 5) is 37.1. The summed E-state index contributed by atoms with van der Waals surface area (Å²) in [7, 11) is 5.60. The van der Waals surface area contributed by atoms with E-state index in [4.69, 9.17) is 9.47 Å². The van der Waals surface area contributed by atoms with E-state index in [-0.39, 0.29) is 36.6 Å². The van der Waals surface area contributed by atoms with E-state index in [2.05, 4.69) is 14.9 Å². The zero-order valence-corrected chi connectivity index (χ0v) is 24.5. The van der Waals surface area contributed by atoms with E-state index >= 15 is 4.39 Å². The third kappa shape index (κ3) is 7.07. The molecule has 3 aromatic heterocycles. The first-order valence-electron chi connectivity index (χ1n) is 13.5. The number of imidazole rings is 1. The lowest BCUT2D eigenvalue weighted by Crippen LogP contribution is -2.17. The number of likely N-dealkylation sites (N-methyl/N-ethyl adjacent to an activating group) is 1. The largest absolute Gasteiger partial charge is 0.496 e. The van der Waals surface area contributed by atoms with Crippen LogP contribution in [-0.2, 0) is 29.0 Å². The quantitative estimate of drug-likeness (QED) is 0.157. The Morgan fingerprint density at radius 2 is 1.79 bits per heavy atom. The lowest BCUT2D eigenvalue weighted by atomic mass is 10.0. The number of fused-ring (bicyclic) bond motifs is 1. The highest BCUT2D eigenvalue weighted by Gasteiger charge is 2.17.